The summed E-state index contributed by atoms with van der Waals surface area (Å²) in [4.78, 5) is 52.3. The normalized spacial score (nSPS) is 17.1. The van der Waals surface area contributed by atoms with Crippen molar-refractivity contribution in [3.63, 3.8) is 0 Å². The Morgan fingerprint density at radius 2 is 1.94 bits per heavy atom. The Balaban J connectivity index is 1.72. The van der Waals surface area contributed by atoms with Crippen molar-refractivity contribution in [2.24, 2.45) is 5.92 Å². The number of carbonyl (C=O) groups excluding carboxylic acids is 4. The number of urea groups is 1. The molecule has 0 saturated heterocycles. The molecule has 0 spiro atoms. The number of rotatable bonds is 10. The van der Waals surface area contributed by atoms with Gasteiger partial charge in [-0.15, -0.1) is 0 Å². The molecule has 2 N–H and O–H groups in total. The van der Waals surface area contributed by atoms with Crippen molar-refractivity contribution >= 4 is 35.2 Å². The third-order valence-electron chi connectivity index (χ3n) is 5.67. The molecular weight excluding hydrogens is 436 g/mol. The number of hydrogen-bond donors (Lipinski definition) is 2. The molecular formula is C25H31N4O5+. The van der Waals surface area contributed by atoms with E-state index < -0.39 is 17.9 Å². The molecule has 0 saturated carbocycles. The third kappa shape index (κ3) is 6.05. The number of nitrogens with zero attached hydrogens (tertiary/aromatic N) is 2. The van der Waals surface area contributed by atoms with E-state index in [4.69, 9.17) is 4.74 Å². The van der Waals surface area contributed by atoms with Crippen LogP contribution in [0.2, 0.25) is 0 Å². The molecule has 0 bridgehead atoms. The van der Waals surface area contributed by atoms with Gasteiger partial charge in [0.2, 0.25) is 5.91 Å². The van der Waals surface area contributed by atoms with Gasteiger partial charge in [-0.25, -0.2) is 4.79 Å². The van der Waals surface area contributed by atoms with Crippen molar-refractivity contribution in [1.82, 2.24) is 10.2 Å². The molecule has 1 aromatic rings. The standard InChI is InChI=1S/C25H30N4O5/c1-17-9-10-20(18(2)15-17)27-23(31)16-29-21-8-5-4-7-19(21)24(32)28(25(29)33)13-11-22(30)26-12-6-14-34-3/h4-5,7-10,15,19H,6,11-14,16H2,1-3H3,(H-,26,27,30,31)/p+1. The van der Waals surface area contributed by atoms with Crippen molar-refractivity contribution < 1.29 is 28.5 Å². The van der Waals surface area contributed by atoms with Crippen molar-refractivity contribution in [1.29, 1.82) is 0 Å². The summed E-state index contributed by atoms with van der Waals surface area (Å²) in [5.74, 6) is -1.72. The van der Waals surface area contributed by atoms with Gasteiger partial charge >= 0.3 is 11.9 Å². The van der Waals surface area contributed by atoms with Gasteiger partial charge in [0.05, 0.1) is 6.42 Å². The SMILES string of the molecule is COCCCNC(=O)CCN1C(=O)C2C=CC=CC2=[N+](CC(=O)Nc2ccc(C)cc2C)C1=O. The molecule has 1 heterocycles. The van der Waals surface area contributed by atoms with Crippen molar-refractivity contribution in [2.75, 3.05) is 38.7 Å². The average molecular weight is 468 g/mol. The van der Waals surface area contributed by atoms with Crippen molar-refractivity contribution in [2.45, 2.75) is 26.7 Å². The minimum Gasteiger partial charge on any atom is -0.385 e. The number of fused-ring (bicyclic) bond motifs is 1. The Labute approximate surface area is 199 Å². The Morgan fingerprint density at radius 3 is 2.68 bits per heavy atom. The first-order valence-electron chi connectivity index (χ1n) is 11.3. The van der Waals surface area contributed by atoms with Crippen LogP contribution >= 0.6 is 0 Å². The first kappa shape index (κ1) is 25.0. The van der Waals surface area contributed by atoms with Gasteiger partial charge in [-0.2, -0.15) is 14.3 Å². The van der Waals surface area contributed by atoms with Crippen LogP contribution < -0.4 is 10.6 Å². The Morgan fingerprint density at radius 1 is 1.15 bits per heavy atom. The monoisotopic (exact) mass is 467 g/mol. The van der Waals surface area contributed by atoms with E-state index in [0.29, 0.717) is 31.0 Å². The zero-order valence-electron chi connectivity index (χ0n) is 19.8. The largest absolute Gasteiger partial charge is 0.501 e. The van der Waals surface area contributed by atoms with Gasteiger partial charge in [0, 0.05) is 25.9 Å². The lowest BCUT2D eigenvalue weighted by molar-refractivity contribution is -0.427. The maximum absolute atomic E-state index is 13.2. The molecule has 34 heavy (non-hydrogen) atoms. The van der Waals surface area contributed by atoms with Gasteiger partial charge in [-0.3, -0.25) is 9.59 Å². The zero-order chi connectivity index (χ0) is 24.7. The van der Waals surface area contributed by atoms with E-state index in [1.165, 1.54) is 4.58 Å². The van der Waals surface area contributed by atoms with Crippen LogP contribution in [0.4, 0.5) is 10.5 Å². The van der Waals surface area contributed by atoms with E-state index in [2.05, 4.69) is 10.6 Å². The fourth-order valence-corrected chi connectivity index (χ4v) is 3.91. The topological polar surface area (TPSA) is 108 Å². The third-order valence-corrected chi connectivity index (χ3v) is 5.67. The number of allylic oxidation sites excluding steroid dienone is 3. The van der Waals surface area contributed by atoms with Crippen molar-refractivity contribution in [3.8, 4) is 0 Å². The molecule has 2 aliphatic rings. The van der Waals surface area contributed by atoms with Gasteiger partial charge in [0.25, 0.3) is 5.91 Å². The van der Waals surface area contributed by atoms with E-state index >= 15 is 0 Å². The first-order chi connectivity index (χ1) is 16.3. The summed E-state index contributed by atoms with van der Waals surface area (Å²) in [5, 5.41) is 5.59. The Bertz CT molecular complexity index is 1070. The number of hydrogen-bond acceptors (Lipinski definition) is 5. The van der Waals surface area contributed by atoms with E-state index in [1.807, 2.05) is 32.0 Å². The predicted octanol–water partition coefficient (Wildman–Crippen LogP) is 1.94. The molecule has 1 aliphatic carbocycles. The number of carbonyl (C=O) groups is 4. The fourth-order valence-electron chi connectivity index (χ4n) is 3.91. The molecule has 5 amide bonds. The van der Waals surface area contributed by atoms with Gasteiger partial charge in [-0.05, 0) is 38.0 Å². The quantitative estimate of drug-likeness (QED) is 0.404. The highest BCUT2D eigenvalue weighted by atomic mass is 16.5. The predicted molar refractivity (Wildman–Crippen MR) is 128 cm³/mol. The molecule has 1 atom stereocenters. The number of imide groups is 1. The number of benzene rings is 1. The molecule has 1 aromatic carbocycles. The molecule has 180 valence electrons. The van der Waals surface area contributed by atoms with Crippen LogP contribution in [0, 0.1) is 19.8 Å². The van der Waals surface area contributed by atoms with E-state index in [1.54, 1.807) is 31.4 Å². The zero-order valence-corrected chi connectivity index (χ0v) is 19.8. The second kappa shape index (κ2) is 11.5. The van der Waals surface area contributed by atoms with E-state index in [9.17, 15) is 19.2 Å². The average Bonchev–Trinajstić information content (AvgIpc) is 2.81. The second-order valence-electron chi connectivity index (χ2n) is 8.32. The van der Waals surface area contributed by atoms with Crippen molar-refractivity contribution in [3.05, 3.63) is 53.6 Å². The van der Waals surface area contributed by atoms with E-state index in [-0.39, 0.29) is 31.3 Å². The van der Waals surface area contributed by atoms with Crippen LogP contribution in [0.3, 0.4) is 0 Å². The molecule has 1 aliphatic heterocycles. The maximum atomic E-state index is 13.2. The van der Waals surface area contributed by atoms with Gasteiger partial charge in [0.1, 0.15) is 18.2 Å². The van der Waals surface area contributed by atoms with Crippen LogP contribution in [0.25, 0.3) is 0 Å². The van der Waals surface area contributed by atoms with Gasteiger partial charge in [-0.1, -0.05) is 35.9 Å². The minimum atomic E-state index is -0.679. The second-order valence-corrected chi connectivity index (χ2v) is 8.32. The van der Waals surface area contributed by atoms with Gasteiger partial charge in [0.15, 0.2) is 6.54 Å². The smallest absolute Gasteiger partial charge is 0.385 e. The van der Waals surface area contributed by atoms with Crippen LogP contribution in [0.15, 0.2) is 42.5 Å². The number of nitrogens with one attached hydrogen (secondary N) is 2. The molecule has 3 rings (SSSR count). The number of anilines is 1. The summed E-state index contributed by atoms with van der Waals surface area (Å²) in [5.41, 5.74) is 3.11. The highest BCUT2D eigenvalue weighted by Gasteiger charge is 2.47. The number of amides is 5. The van der Waals surface area contributed by atoms with Crippen LogP contribution in [0.5, 0.6) is 0 Å². The molecule has 1 unspecified atom stereocenters. The lowest BCUT2D eigenvalue weighted by Gasteiger charge is -2.26. The number of ether oxygens (including phenoxy) is 1. The summed E-state index contributed by atoms with van der Waals surface area (Å²) < 4.78 is 6.26. The summed E-state index contributed by atoms with van der Waals surface area (Å²) >= 11 is 0. The summed E-state index contributed by atoms with van der Waals surface area (Å²) in [6, 6.07) is 5.07. The summed E-state index contributed by atoms with van der Waals surface area (Å²) in [7, 11) is 1.59. The lowest BCUT2D eigenvalue weighted by Crippen LogP contribution is -2.56. The Hall–Kier alpha value is -3.59. The number of methoxy groups -OCH3 is 1. The molecule has 0 fully saturated rings. The summed E-state index contributed by atoms with van der Waals surface area (Å²) in [6.07, 6.45) is 7.47. The maximum Gasteiger partial charge on any atom is 0.501 e. The summed E-state index contributed by atoms with van der Waals surface area (Å²) in [6.45, 7) is 4.54. The minimum absolute atomic E-state index is 0.0192. The highest BCUT2D eigenvalue weighted by molar-refractivity contribution is 6.17. The highest BCUT2D eigenvalue weighted by Crippen LogP contribution is 2.21. The van der Waals surface area contributed by atoms with E-state index in [0.717, 1.165) is 16.0 Å². The number of aryl methyl sites for hydroxylation is 2. The Kier molecular flexibility index (Phi) is 8.48. The molecule has 0 aromatic heterocycles. The van der Waals surface area contributed by atoms with Gasteiger partial charge < -0.3 is 15.4 Å². The molecule has 9 heteroatoms. The fraction of sp³-hybridized carbons (Fsp3) is 0.400. The van der Waals surface area contributed by atoms with Crippen LogP contribution in [-0.2, 0) is 19.1 Å². The lowest BCUT2D eigenvalue weighted by atomic mass is 9.94. The molecule has 0 radical (unpaired) electrons. The van der Waals surface area contributed by atoms with Crippen LogP contribution in [0.1, 0.15) is 24.0 Å². The molecule has 9 nitrogen and oxygen atoms in total. The first-order valence-corrected chi connectivity index (χ1v) is 11.3. The van der Waals surface area contributed by atoms with Crippen LogP contribution in [-0.4, -0.2) is 72.3 Å².